The number of rotatable bonds is 0. The number of hydrogen-bond donors (Lipinski definition) is 0. The second kappa shape index (κ2) is 3.30. The van der Waals surface area contributed by atoms with Crippen LogP contribution in [0.4, 0.5) is 0 Å². The monoisotopic (exact) mass is 168 g/mol. The van der Waals surface area contributed by atoms with E-state index in [2.05, 4.69) is 0 Å². The van der Waals surface area contributed by atoms with Crippen molar-refractivity contribution in [2.24, 2.45) is 11.8 Å². The molecule has 0 aromatic heterocycles. The van der Waals surface area contributed by atoms with Crippen LogP contribution in [-0.4, -0.2) is 10.2 Å². The van der Waals surface area contributed by atoms with E-state index in [0.29, 0.717) is 0 Å². The first-order valence-electron chi connectivity index (χ1n) is 5.38. The van der Waals surface area contributed by atoms with Gasteiger partial charge in [-0.1, -0.05) is 50.5 Å². The Morgan fingerprint density at radius 2 is 1.55 bits per heavy atom. The fourth-order valence-electron chi connectivity index (χ4n) is 3.26. The minimum Gasteiger partial charge on any atom is -0.0534 e. The Balaban J connectivity index is 1.99. The smallest absolute Gasteiger partial charge is 0.00709 e. The molecule has 0 aromatic rings. The van der Waals surface area contributed by atoms with E-state index in [0.717, 1.165) is 0 Å². The van der Waals surface area contributed by atoms with Crippen molar-refractivity contribution in [3.05, 3.63) is 0 Å². The predicted octanol–water partition coefficient (Wildman–Crippen LogP) is 2.13. The Kier molecular flexibility index (Phi) is 2.35. The fourth-order valence-corrected chi connectivity index (χ4v) is 4.55. The second-order valence-electron chi connectivity index (χ2n) is 4.62. The summed E-state index contributed by atoms with van der Waals surface area (Å²) in [7, 11) is 1.47. The molecule has 2 aliphatic rings. The van der Waals surface area contributed by atoms with Gasteiger partial charge in [-0.25, -0.2) is 0 Å². The third-order valence-corrected chi connectivity index (χ3v) is 5.37. The Morgan fingerprint density at radius 3 is 2.36 bits per heavy atom. The van der Waals surface area contributed by atoms with Crippen molar-refractivity contribution < 1.29 is 0 Å². The zero-order valence-corrected chi connectivity index (χ0v) is 9.68. The van der Waals surface area contributed by atoms with Crippen LogP contribution >= 0.6 is 0 Å². The summed E-state index contributed by atoms with van der Waals surface area (Å²) in [6, 6.07) is 0. The van der Waals surface area contributed by atoms with Crippen molar-refractivity contribution in [1.29, 1.82) is 0 Å². The van der Waals surface area contributed by atoms with Crippen LogP contribution in [0.1, 0.15) is 44.9 Å². The molecule has 0 N–H and O–H groups in total. The summed E-state index contributed by atoms with van der Waals surface area (Å²) in [5, 5.41) is 0. The van der Waals surface area contributed by atoms with Crippen LogP contribution < -0.4 is 0 Å². The lowest BCUT2D eigenvalue weighted by Gasteiger charge is -2.40. The molecule has 0 amide bonds. The predicted molar refractivity (Wildman–Crippen MR) is 53.0 cm³/mol. The maximum Gasteiger partial charge on any atom is 0.00709 e. The van der Waals surface area contributed by atoms with E-state index in [1.807, 2.05) is 0 Å². The number of fused-ring (bicyclic) bond motifs is 1. The molecular weight excluding hydrogens is 148 g/mol. The summed E-state index contributed by atoms with van der Waals surface area (Å²) < 4.78 is 0. The van der Waals surface area contributed by atoms with Gasteiger partial charge in [-0.05, 0) is 11.8 Å². The van der Waals surface area contributed by atoms with Crippen molar-refractivity contribution in [2.45, 2.75) is 50.5 Å². The highest BCUT2D eigenvalue weighted by Gasteiger charge is 2.31. The lowest BCUT2D eigenvalue weighted by atomic mass is 9.70. The van der Waals surface area contributed by atoms with Crippen LogP contribution in [0.2, 0.25) is 5.54 Å². The van der Waals surface area contributed by atoms with Crippen LogP contribution in [0.25, 0.3) is 0 Å². The lowest BCUT2D eigenvalue weighted by Crippen LogP contribution is -2.27. The standard InChI is InChI=1S/C10H20Si/c11-10-7-3-5-8-4-1-2-6-9(8)10/h8-10H,1-7H2,11H3. The van der Waals surface area contributed by atoms with Crippen LogP contribution in [0.3, 0.4) is 0 Å². The molecule has 0 heterocycles. The molecule has 2 rings (SSSR count). The van der Waals surface area contributed by atoms with Gasteiger partial charge >= 0.3 is 0 Å². The molecule has 0 radical (unpaired) electrons. The minimum atomic E-state index is 1.17. The van der Waals surface area contributed by atoms with Gasteiger partial charge in [-0.3, -0.25) is 0 Å². The maximum absolute atomic E-state index is 1.58. The van der Waals surface area contributed by atoms with E-state index in [-0.39, 0.29) is 0 Å². The third-order valence-electron chi connectivity index (χ3n) is 3.93. The van der Waals surface area contributed by atoms with E-state index in [4.69, 9.17) is 0 Å². The normalized spacial score (nSPS) is 45.3. The van der Waals surface area contributed by atoms with Gasteiger partial charge in [0.2, 0.25) is 0 Å². The summed E-state index contributed by atoms with van der Waals surface area (Å²) in [5.74, 6) is 2.35. The Morgan fingerprint density at radius 1 is 0.818 bits per heavy atom. The lowest BCUT2D eigenvalue weighted by molar-refractivity contribution is 0.172. The van der Waals surface area contributed by atoms with Crippen LogP contribution in [-0.2, 0) is 0 Å². The molecule has 2 saturated carbocycles. The van der Waals surface area contributed by atoms with Gasteiger partial charge < -0.3 is 0 Å². The van der Waals surface area contributed by atoms with Crippen LogP contribution in [0, 0.1) is 11.8 Å². The van der Waals surface area contributed by atoms with E-state index >= 15 is 0 Å². The first-order chi connectivity index (χ1) is 5.38. The molecular formula is C10H20Si. The van der Waals surface area contributed by atoms with Crippen molar-refractivity contribution in [3.63, 3.8) is 0 Å². The highest BCUT2D eigenvalue weighted by Crippen LogP contribution is 2.45. The molecule has 3 atom stereocenters. The van der Waals surface area contributed by atoms with Crippen molar-refractivity contribution in [3.8, 4) is 0 Å². The van der Waals surface area contributed by atoms with Gasteiger partial charge in [0, 0.05) is 10.2 Å². The molecule has 3 unspecified atom stereocenters. The maximum atomic E-state index is 1.58. The average molecular weight is 168 g/mol. The Hall–Kier alpha value is 0.217. The summed E-state index contributed by atoms with van der Waals surface area (Å²) in [5.41, 5.74) is 1.19. The highest BCUT2D eigenvalue weighted by molar-refractivity contribution is 6.11. The van der Waals surface area contributed by atoms with E-state index in [1.165, 1.54) is 34.0 Å². The van der Waals surface area contributed by atoms with Crippen LogP contribution in [0.5, 0.6) is 0 Å². The van der Waals surface area contributed by atoms with Gasteiger partial charge in [-0.2, -0.15) is 0 Å². The molecule has 0 spiro atoms. The fraction of sp³-hybridized carbons (Fsp3) is 1.00. The molecule has 2 fully saturated rings. The van der Waals surface area contributed by atoms with E-state index in [1.54, 1.807) is 38.5 Å². The van der Waals surface area contributed by atoms with Gasteiger partial charge in [-0.15, -0.1) is 0 Å². The molecule has 2 aliphatic carbocycles. The van der Waals surface area contributed by atoms with Gasteiger partial charge in [0.05, 0.1) is 0 Å². The van der Waals surface area contributed by atoms with E-state index < -0.39 is 0 Å². The molecule has 0 aliphatic heterocycles. The summed E-state index contributed by atoms with van der Waals surface area (Å²) >= 11 is 0. The summed E-state index contributed by atoms with van der Waals surface area (Å²) in [6.07, 6.45) is 10.9. The molecule has 0 saturated heterocycles. The third kappa shape index (κ3) is 1.53. The molecule has 0 nitrogen and oxygen atoms in total. The van der Waals surface area contributed by atoms with Gasteiger partial charge in [0.15, 0.2) is 0 Å². The number of hydrogen-bond acceptors (Lipinski definition) is 0. The summed E-state index contributed by atoms with van der Waals surface area (Å²) in [4.78, 5) is 0. The van der Waals surface area contributed by atoms with E-state index in [9.17, 15) is 0 Å². The topological polar surface area (TPSA) is 0 Å². The van der Waals surface area contributed by atoms with Crippen molar-refractivity contribution in [1.82, 2.24) is 0 Å². The largest absolute Gasteiger partial charge is 0.0534 e. The average Bonchev–Trinajstić information content (AvgIpc) is 2.06. The molecule has 11 heavy (non-hydrogen) atoms. The zero-order chi connectivity index (χ0) is 7.68. The molecule has 0 aromatic carbocycles. The Bertz CT molecular complexity index is 131. The zero-order valence-electron chi connectivity index (χ0n) is 7.68. The van der Waals surface area contributed by atoms with Crippen molar-refractivity contribution >= 4 is 10.2 Å². The van der Waals surface area contributed by atoms with Gasteiger partial charge in [0.25, 0.3) is 0 Å². The van der Waals surface area contributed by atoms with Crippen LogP contribution in [0.15, 0.2) is 0 Å². The molecule has 64 valence electrons. The van der Waals surface area contributed by atoms with Gasteiger partial charge in [0.1, 0.15) is 0 Å². The Labute approximate surface area is 73.2 Å². The SMILES string of the molecule is [SiH3]C1CCCC2CCCCC12. The first kappa shape index (κ1) is 7.84. The highest BCUT2D eigenvalue weighted by atomic mass is 28.1. The molecule has 0 bridgehead atoms. The first-order valence-corrected chi connectivity index (χ1v) is 6.53. The van der Waals surface area contributed by atoms with Crippen molar-refractivity contribution in [2.75, 3.05) is 0 Å². The summed E-state index contributed by atoms with van der Waals surface area (Å²) in [6.45, 7) is 0. The molecule has 1 heteroatoms. The minimum absolute atomic E-state index is 1.17. The second-order valence-corrected chi connectivity index (χ2v) is 6.10. The quantitative estimate of drug-likeness (QED) is 0.486.